The van der Waals surface area contributed by atoms with Gasteiger partial charge in [0, 0.05) is 12.6 Å². The summed E-state index contributed by atoms with van der Waals surface area (Å²) in [6.45, 7) is -3.03. The van der Waals surface area contributed by atoms with Gasteiger partial charge in [-0.25, -0.2) is 4.79 Å². The summed E-state index contributed by atoms with van der Waals surface area (Å²) < 4.78 is 43.7. The first-order valence-electron chi connectivity index (χ1n) is 8.62. The molecule has 0 aliphatic heterocycles. The number of halogens is 2. The molecule has 156 valence electrons. The lowest BCUT2D eigenvalue weighted by Crippen LogP contribution is -2.30. The van der Waals surface area contributed by atoms with Gasteiger partial charge in [0.25, 0.3) is 5.91 Å². The lowest BCUT2D eigenvalue weighted by Gasteiger charge is -2.10. The zero-order valence-corrected chi connectivity index (χ0v) is 15.9. The third-order valence-corrected chi connectivity index (χ3v) is 3.85. The number of hydrogen-bond donors (Lipinski definition) is 1. The second-order valence-corrected chi connectivity index (χ2v) is 5.76. The molecule has 0 aliphatic carbocycles. The Morgan fingerprint density at radius 1 is 1.00 bits per heavy atom. The molecule has 1 amide bonds. The SMILES string of the molecule is COc1ccc(C(=O)OCC(=O)NCCc2ccc(OC(F)F)cc2)c(OC)c1. The Morgan fingerprint density at radius 3 is 2.31 bits per heavy atom. The van der Waals surface area contributed by atoms with E-state index >= 15 is 0 Å². The molecule has 0 radical (unpaired) electrons. The van der Waals surface area contributed by atoms with Crippen molar-refractivity contribution in [3.05, 3.63) is 53.6 Å². The van der Waals surface area contributed by atoms with Crippen LogP contribution in [0.4, 0.5) is 8.78 Å². The molecule has 29 heavy (non-hydrogen) atoms. The first kappa shape index (κ1) is 21.9. The second-order valence-electron chi connectivity index (χ2n) is 5.76. The molecule has 0 unspecified atom stereocenters. The van der Waals surface area contributed by atoms with E-state index in [9.17, 15) is 18.4 Å². The van der Waals surface area contributed by atoms with Crippen LogP contribution in [0.2, 0.25) is 0 Å². The second kappa shape index (κ2) is 10.8. The highest BCUT2D eigenvalue weighted by Crippen LogP contribution is 2.25. The van der Waals surface area contributed by atoms with Crippen LogP contribution in [0.1, 0.15) is 15.9 Å². The Balaban J connectivity index is 1.76. The van der Waals surface area contributed by atoms with E-state index in [-0.39, 0.29) is 23.6 Å². The van der Waals surface area contributed by atoms with E-state index in [1.165, 1.54) is 38.5 Å². The third-order valence-electron chi connectivity index (χ3n) is 3.85. The minimum atomic E-state index is -2.87. The molecule has 0 aromatic heterocycles. The average Bonchev–Trinajstić information content (AvgIpc) is 2.72. The highest BCUT2D eigenvalue weighted by Gasteiger charge is 2.16. The van der Waals surface area contributed by atoms with Gasteiger partial charge in [-0.2, -0.15) is 8.78 Å². The van der Waals surface area contributed by atoms with Crippen LogP contribution < -0.4 is 19.5 Å². The van der Waals surface area contributed by atoms with Crippen LogP contribution in [0.15, 0.2) is 42.5 Å². The van der Waals surface area contributed by atoms with Crippen LogP contribution in [0.5, 0.6) is 17.2 Å². The number of esters is 1. The summed E-state index contributed by atoms with van der Waals surface area (Å²) in [6.07, 6.45) is 0.473. The Kier molecular flexibility index (Phi) is 8.20. The molecule has 0 bridgehead atoms. The molecule has 7 nitrogen and oxygen atoms in total. The van der Waals surface area contributed by atoms with Gasteiger partial charge in [0.2, 0.25) is 0 Å². The highest BCUT2D eigenvalue weighted by molar-refractivity contribution is 5.94. The van der Waals surface area contributed by atoms with Crippen molar-refractivity contribution in [2.45, 2.75) is 13.0 Å². The largest absolute Gasteiger partial charge is 0.497 e. The molecule has 0 saturated heterocycles. The minimum Gasteiger partial charge on any atom is -0.497 e. The van der Waals surface area contributed by atoms with Crippen molar-refractivity contribution >= 4 is 11.9 Å². The monoisotopic (exact) mass is 409 g/mol. The van der Waals surface area contributed by atoms with Crippen LogP contribution in [0, 0.1) is 0 Å². The van der Waals surface area contributed by atoms with Gasteiger partial charge in [-0.05, 0) is 36.2 Å². The van der Waals surface area contributed by atoms with Crippen molar-refractivity contribution in [2.24, 2.45) is 0 Å². The van der Waals surface area contributed by atoms with Gasteiger partial charge < -0.3 is 24.3 Å². The number of hydrogen-bond acceptors (Lipinski definition) is 6. The van der Waals surface area contributed by atoms with Crippen molar-refractivity contribution in [3.8, 4) is 17.2 Å². The maximum Gasteiger partial charge on any atom is 0.387 e. The number of benzene rings is 2. The number of rotatable bonds is 10. The molecule has 1 N–H and O–H groups in total. The molecule has 2 aromatic carbocycles. The fourth-order valence-corrected chi connectivity index (χ4v) is 2.41. The summed E-state index contributed by atoms with van der Waals surface area (Å²) in [5.41, 5.74) is 0.999. The number of carbonyl (C=O) groups excluding carboxylic acids is 2. The summed E-state index contributed by atoms with van der Waals surface area (Å²) in [6, 6.07) is 10.7. The van der Waals surface area contributed by atoms with E-state index in [1.807, 2.05) is 0 Å². The zero-order chi connectivity index (χ0) is 21.2. The quantitative estimate of drug-likeness (QED) is 0.608. The molecule has 0 fully saturated rings. The summed E-state index contributed by atoms with van der Waals surface area (Å²) in [5.74, 6) is -0.314. The van der Waals surface area contributed by atoms with Gasteiger partial charge in [0.05, 0.1) is 14.2 Å². The molecular weight excluding hydrogens is 388 g/mol. The molecule has 0 heterocycles. The van der Waals surface area contributed by atoms with Crippen LogP contribution >= 0.6 is 0 Å². The zero-order valence-electron chi connectivity index (χ0n) is 15.9. The number of amides is 1. The number of alkyl halides is 2. The van der Waals surface area contributed by atoms with E-state index in [0.29, 0.717) is 12.2 Å². The molecule has 2 aromatic rings. The highest BCUT2D eigenvalue weighted by atomic mass is 19.3. The molecular formula is C20H21F2NO6. The Hall–Kier alpha value is -3.36. The smallest absolute Gasteiger partial charge is 0.387 e. The predicted octanol–water partition coefficient (Wildman–Crippen LogP) is 2.82. The molecule has 2 rings (SSSR count). The summed E-state index contributed by atoms with van der Waals surface area (Å²) >= 11 is 0. The molecule has 0 saturated carbocycles. The fraction of sp³-hybridized carbons (Fsp3) is 0.300. The van der Waals surface area contributed by atoms with E-state index in [2.05, 4.69) is 10.1 Å². The number of ether oxygens (including phenoxy) is 4. The molecule has 0 spiro atoms. The standard InChI is InChI=1S/C20H21F2NO6/c1-26-15-7-8-16(17(11-15)27-2)19(25)28-12-18(24)23-10-9-13-3-5-14(6-4-13)29-20(21)22/h3-8,11,20H,9-10,12H2,1-2H3,(H,23,24). The van der Waals surface area contributed by atoms with Crippen LogP contribution in [0.3, 0.4) is 0 Å². The van der Waals surface area contributed by atoms with Crippen LogP contribution in [0.25, 0.3) is 0 Å². The average molecular weight is 409 g/mol. The topological polar surface area (TPSA) is 83.1 Å². The normalized spacial score (nSPS) is 10.4. The Bertz CT molecular complexity index is 826. The van der Waals surface area contributed by atoms with Gasteiger partial charge in [-0.3, -0.25) is 4.79 Å². The van der Waals surface area contributed by atoms with Gasteiger partial charge in [-0.1, -0.05) is 12.1 Å². The van der Waals surface area contributed by atoms with Crippen molar-refractivity contribution < 1.29 is 37.3 Å². The third kappa shape index (κ3) is 6.95. The summed E-state index contributed by atoms with van der Waals surface area (Å²) in [4.78, 5) is 24.0. The van der Waals surface area contributed by atoms with Crippen molar-refractivity contribution in [3.63, 3.8) is 0 Å². The fourth-order valence-electron chi connectivity index (χ4n) is 2.41. The lowest BCUT2D eigenvalue weighted by atomic mass is 10.1. The Morgan fingerprint density at radius 2 is 1.69 bits per heavy atom. The first-order valence-corrected chi connectivity index (χ1v) is 8.62. The van der Waals surface area contributed by atoms with Gasteiger partial charge in [-0.15, -0.1) is 0 Å². The van der Waals surface area contributed by atoms with Gasteiger partial charge >= 0.3 is 12.6 Å². The van der Waals surface area contributed by atoms with Crippen LogP contribution in [-0.2, 0) is 16.0 Å². The summed E-state index contributed by atoms with van der Waals surface area (Å²) in [7, 11) is 2.90. The lowest BCUT2D eigenvalue weighted by molar-refractivity contribution is -0.124. The number of carbonyl (C=O) groups is 2. The van der Waals surface area contributed by atoms with E-state index in [0.717, 1.165) is 5.56 Å². The molecule has 9 heteroatoms. The van der Waals surface area contributed by atoms with Crippen molar-refractivity contribution in [1.29, 1.82) is 0 Å². The first-order chi connectivity index (χ1) is 13.9. The van der Waals surface area contributed by atoms with Crippen LogP contribution in [-0.4, -0.2) is 45.9 Å². The predicted molar refractivity (Wildman–Crippen MR) is 99.6 cm³/mol. The molecule has 0 aliphatic rings. The van der Waals surface area contributed by atoms with E-state index < -0.39 is 25.1 Å². The summed E-state index contributed by atoms with van der Waals surface area (Å²) in [5, 5.41) is 2.61. The van der Waals surface area contributed by atoms with Gasteiger partial charge in [0.15, 0.2) is 6.61 Å². The number of nitrogens with one attached hydrogen (secondary N) is 1. The van der Waals surface area contributed by atoms with Crippen molar-refractivity contribution in [1.82, 2.24) is 5.32 Å². The Labute approximate surface area is 166 Å². The number of methoxy groups -OCH3 is 2. The molecule has 0 atom stereocenters. The van der Waals surface area contributed by atoms with E-state index in [1.54, 1.807) is 18.2 Å². The maximum atomic E-state index is 12.1. The van der Waals surface area contributed by atoms with Crippen molar-refractivity contribution in [2.75, 3.05) is 27.4 Å². The van der Waals surface area contributed by atoms with Gasteiger partial charge in [0.1, 0.15) is 22.8 Å². The maximum absolute atomic E-state index is 12.1. The van der Waals surface area contributed by atoms with E-state index in [4.69, 9.17) is 14.2 Å². The minimum absolute atomic E-state index is 0.0636.